The van der Waals surface area contributed by atoms with Gasteiger partial charge in [0, 0.05) is 30.1 Å². The lowest BCUT2D eigenvalue weighted by Gasteiger charge is -2.08. The maximum Gasteiger partial charge on any atom is 0.194 e. The average molecular weight is 295 g/mol. The Morgan fingerprint density at radius 3 is 2.68 bits per heavy atom. The number of nitrogens with one attached hydrogen (secondary N) is 1. The first-order chi connectivity index (χ1) is 10.7. The van der Waals surface area contributed by atoms with Crippen molar-refractivity contribution >= 4 is 18.1 Å². The highest BCUT2D eigenvalue weighted by Gasteiger charge is 2.09. The Balaban J connectivity index is 3.19. The van der Waals surface area contributed by atoms with Gasteiger partial charge in [0.1, 0.15) is 0 Å². The van der Waals surface area contributed by atoms with Gasteiger partial charge in [-0.05, 0) is 31.6 Å². The lowest BCUT2D eigenvalue weighted by molar-refractivity contribution is -0.494. The van der Waals surface area contributed by atoms with E-state index in [1.165, 1.54) is 0 Å². The van der Waals surface area contributed by atoms with E-state index in [4.69, 9.17) is 0 Å². The molecule has 0 atom stereocenters. The standard InChI is InChI=1S/C18H23N4/c1-6-10-15(8-3)16-12-17(14-19-13-16)18(20-9-4)21-22(5)11-7-2/h6-8,10-14H,1,3,5,9H2,2,4H3,(H,20,21)/q+1. The maximum atomic E-state index is 4.47. The SMILES string of the molecule is C=CC=C(C=C)c1cncc(C(=NCC)N[N+](=C)C=CC)c1. The molecule has 0 amide bonds. The molecule has 0 saturated heterocycles. The van der Waals surface area contributed by atoms with Gasteiger partial charge in [-0.2, -0.15) is 0 Å². The van der Waals surface area contributed by atoms with Gasteiger partial charge in [-0.15, -0.1) is 5.43 Å². The zero-order chi connectivity index (χ0) is 16.4. The van der Waals surface area contributed by atoms with Crippen LogP contribution in [0.2, 0.25) is 0 Å². The van der Waals surface area contributed by atoms with Crippen molar-refractivity contribution in [2.75, 3.05) is 6.54 Å². The minimum atomic E-state index is 0.660. The summed E-state index contributed by atoms with van der Waals surface area (Å²) < 4.78 is 1.61. The number of allylic oxidation sites excluding steroid dienone is 5. The molecule has 0 aromatic carbocycles. The summed E-state index contributed by atoms with van der Waals surface area (Å²) in [6, 6.07) is 2.01. The van der Waals surface area contributed by atoms with E-state index in [0.717, 1.165) is 16.7 Å². The molecular weight excluding hydrogens is 272 g/mol. The molecule has 0 unspecified atom stereocenters. The Labute approximate surface area is 132 Å². The predicted octanol–water partition coefficient (Wildman–Crippen LogP) is 3.35. The summed E-state index contributed by atoms with van der Waals surface area (Å²) in [7, 11) is 0. The van der Waals surface area contributed by atoms with Crippen LogP contribution in [-0.4, -0.2) is 28.8 Å². The van der Waals surface area contributed by atoms with E-state index >= 15 is 0 Å². The van der Waals surface area contributed by atoms with E-state index in [1.54, 1.807) is 29.2 Å². The third-order valence-electron chi connectivity index (χ3n) is 2.76. The second-order valence-electron chi connectivity index (χ2n) is 4.41. The first kappa shape index (κ1) is 17.3. The Morgan fingerprint density at radius 2 is 2.09 bits per heavy atom. The molecular formula is C18H23N4+. The molecule has 0 fully saturated rings. The molecule has 0 aliphatic rings. The molecule has 22 heavy (non-hydrogen) atoms. The lowest BCUT2D eigenvalue weighted by Crippen LogP contribution is -2.31. The molecule has 0 bridgehead atoms. The lowest BCUT2D eigenvalue weighted by atomic mass is 10.1. The van der Waals surface area contributed by atoms with E-state index in [9.17, 15) is 0 Å². The predicted molar refractivity (Wildman–Crippen MR) is 95.0 cm³/mol. The fourth-order valence-corrected chi connectivity index (χ4v) is 1.84. The summed E-state index contributed by atoms with van der Waals surface area (Å²) in [6.45, 7) is 16.0. The van der Waals surface area contributed by atoms with Crippen LogP contribution in [0.15, 0.2) is 67.1 Å². The number of hydrogen-bond donors (Lipinski definition) is 1. The van der Waals surface area contributed by atoms with Crippen LogP contribution in [-0.2, 0) is 0 Å². The van der Waals surface area contributed by atoms with Crippen molar-refractivity contribution in [1.82, 2.24) is 10.4 Å². The van der Waals surface area contributed by atoms with Crippen LogP contribution in [0, 0.1) is 0 Å². The number of rotatable bonds is 7. The molecule has 4 nitrogen and oxygen atoms in total. The summed E-state index contributed by atoms with van der Waals surface area (Å²) >= 11 is 0. The maximum absolute atomic E-state index is 4.47. The van der Waals surface area contributed by atoms with Gasteiger partial charge < -0.3 is 0 Å². The number of aromatic nitrogens is 1. The van der Waals surface area contributed by atoms with Crippen molar-refractivity contribution < 1.29 is 4.68 Å². The van der Waals surface area contributed by atoms with Crippen LogP contribution in [0.1, 0.15) is 25.0 Å². The fourth-order valence-electron chi connectivity index (χ4n) is 1.84. The highest BCUT2D eigenvalue weighted by Crippen LogP contribution is 2.16. The molecule has 1 N–H and O–H groups in total. The Hall–Kier alpha value is -2.75. The molecule has 0 radical (unpaired) electrons. The zero-order valence-electron chi connectivity index (χ0n) is 13.3. The average Bonchev–Trinajstić information content (AvgIpc) is 2.52. The molecule has 0 saturated carbocycles. The summed E-state index contributed by atoms with van der Waals surface area (Å²) in [6.07, 6.45) is 12.7. The van der Waals surface area contributed by atoms with Gasteiger partial charge in [0.05, 0.1) is 0 Å². The topological polar surface area (TPSA) is 40.3 Å². The second-order valence-corrected chi connectivity index (χ2v) is 4.41. The van der Waals surface area contributed by atoms with Crippen LogP contribution in [0.5, 0.6) is 0 Å². The molecule has 0 spiro atoms. The fraction of sp³-hybridized carbons (Fsp3) is 0.167. The Bertz CT molecular complexity index is 636. The third-order valence-corrected chi connectivity index (χ3v) is 2.76. The van der Waals surface area contributed by atoms with Gasteiger partial charge in [-0.25, -0.2) is 0 Å². The normalized spacial score (nSPS) is 12.3. The van der Waals surface area contributed by atoms with Crippen molar-refractivity contribution in [2.45, 2.75) is 13.8 Å². The van der Waals surface area contributed by atoms with Gasteiger partial charge in [0.2, 0.25) is 0 Å². The first-order valence-electron chi connectivity index (χ1n) is 7.10. The van der Waals surface area contributed by atoms with Crippen molar-refractivity contribution in [3.05, 3.63) is 73.2 Å². The van der Waals surface area contributed by atoms with Crippen molar-refractivity contribution in [3.8, 4) is 0 Å². The summed E-state index contributed by atoms with van der Waals surface area (Å²) in [4.78, 5) is 8.76. The zero-order valence-corrected chi connectivity index (χ0v) is 13.3. The van der Waals surface area contributed by atoms with Gasteiger partial charge in [0.15, 0.2) is 18.8 Å². The molecule has 0 aliphatic heterocycles. The molecule has 4 heteroatoms. The number of amidine groups is 1. The van der Waals surface area contributed by atoms with Crippen LogP contribution >= 0.6 is 0 Å². The summed E-state index contributed by atoms with van der Waals surface area (Å²) in [5.41, 5.74) is 5.93. The number of hydrazine groups is 1. The van der Waals surface area contributed by atoms with Gasteiger partial charge >= 0.3 is 0 Å². The van der Waals surface area contributed by atoms with Gasteiger partial charge in [-0.1, -0.05) is 36.1 Å². The van der Waals surface area contributed by atoms with E-state index in [1.807, 2.05) is 38.3 Å². The molecule has 1 rings (SSSR count). The van der Waals surface area contributed by atoms with Crippen LogP contribution in [0.4, 0.5) is 0 Å². The molecule has 1 aromatic rings. The minimum Gasteiger partial charge on any atom is -0.264 e. The number of pyridine rings is 1. The van der Waals surface area contributed by atoms with Crippen molar-refractivity contribution in [1.29, 1.82) is 0 Å². The monoisotopic (exact) mass is 295 g/mol. The van der Waals surface area contributed by atoms with E-state index in [2.05, 4.69) is 35.3 Å². The summed E-state index contributed by atoms with van der Waals surface area (Å²) in [5.74, 6) is 0.715. The quantitative estimate of drug-likeness (QED) is 0.275. The molecule has 114 valence electrons. The Morgan fingerprint density at radius 1 is 1.36 bits per heavy atom. The van der Waals surface area contributed by atoms with Gasteiger partial charge in [-0.3, -0.25) is 9.98 Å². The molecule has 0 aliphatic carbocycles. The van der Waals surface area contributed by atoms with Crippen molar-refractivity contribution in [3.63, 3.8) is 0 Å². The highest BCUT2D eigenvalue weighted by molar-refractivity contribution is 5.98. The van der Waals surface area contributed by atoms with Crippen LogP contribution < -0.4 is 5.43 Å². The van der Waals surface area contributed by atoms with E-state index in [0.29, 0.717) is 12.4 Å². The molecule has 1 heterocycles. The van der Waals surface area contributed by atoms with E-state index < -0.39 is 0 Å². The molecule has 1 aromatic heterocycles. The first-order valence-corrected chi connectivity index (χ1v) is 7.10. The van der Waals surface area contributed by atoms with Crippen LogP contribution in [0.3, 0.4) is 0 Å². The second kappa shape index (κ2) is 9.23. The number of hydrogen-bond acceptors (Lipinski definition) is 2. The number of nitrogens with zero attached hydrogens (tertiary/aromatic N) is 3. The van der Waals surface area contributed by atoms with Crippen LogP contribution in [0.25, 0.3) is 5.57 Å². The Kier molecular flexibility index (Phi) is 7.26. The van der Waals surface area contributed by atoms with Gasteiger partial charge in [0.25, 0.3) is 0 Å². The third kappa shape index (κ3) is 4.98. The minimum absolute atomic E-state index is 0.660. The highest BCUT2D eigenvalue weighted by atomic mass is 15.4. The number of hydrazone groups is 1. The largest absolute Gasteiger partial charge is 0.264 e. The summed E-state index contributed by atoms with van der Waals surface area (Å²) in [5, 5.41) is 0. The number of aliphatic imine (C=N–C) groups is 1. The van der Waals surface area contributed by atoms with E-state index in [-0.39, 0.29) is 0 Å². The smallest absolute Gasteiger partial charge is 0.194 e. The van der Waals surface area contributed by atoms with Crippen molar-refractivity contribution in [2.24, 2.45) is 4.99 Å².